The minimum Gasteiger partial charge on any atom is -0.299 e. The Morgan fingerprint density at radius 1 is 1.26 bits per heavy atom. The average molecular weight is 327 g/mol. The van der Waals surface area contributed by atoms with Crippen molar-refractivity contribution >= 4 is 15.9 Å². The highest BCUT2D eigenvalue weighted by Crippen LogP contribution is 2.21. The highest BCUT2D eigenvalue weighted by atomic mass is 79.9. The van der Waals surface area contributed by atoms with Gasteiger partial charge < -0.3 is 0 Å². The number of hydrogen-bond donors (Lipinski definition) is 0. The number of imidazole rings is 1. The van der Waals surface area contributed by atoms with Crippen molar-refractivity contribution in [3.05, 3.63) is 38.7 Å². The topological polar surface area (TPSA) is 44.8 Å². The van der Waals surface area contributed by atoms with Gasteiger partial charge in [0, 0.05) is 26.0 Å². The molecular weight excluding hydrogens is 308 g/mol. The van der Waals surface area contributed by atoms with E-state index in [-0.39, 0.29) is 5.69 Å². The SMILES string of the molecule is CCCn1ccn(Cc2c(Br)c(CC)nn2C)c1=O. The lowest BCUT2D eigenvalue weighted by Gasteiger charge is -2.03. The summed E-state index contributed by atoms with van der Waals surface area (Å²) in [4.78, 5) is 12.1. The summed E-state index contributed by atoms with van der Waals surface area (Å²) in [5.74, 6) is 0. The van der Waals surface area contributed by atoms with Gasteiger partial charge in [-0.15, -0.1) is 0 Å². The van der Waals surface area contributed by atoms with Gasteiger partial charge in [-0.3, -0.25) is 13.8 Å². The van der Waals surface area contributed by atoms with Gasteiger partial charge in [0.15, 0.2) is 0 Å². The van der Waals surface area contributed by atoms with E-state index >= 15 is 0 Å². The Morgan fingerprint density at radius 2 is 1.95 bits per heavy atom. The highest BCUT2D eigenvalue weighted by Gasteiger charge is 2.14. The summed E-state index contributed by atoms with van der Waals surface area (Å²) >= 11 is 3.58. The maximum absolute atomic E-state index is 12.1. The second kappa shape index (κ2) is 5.77. The Hall–Kier alpha value is -1.30. The van der Waals surface area contributed by atoms with Crippen molar-refractivity contribution in [1.82, 2.24) is 18.9 Å². The van der Waals surface area contributed by atoms with Gasteiger partial charge in [0.1, 0.15) is 0 Å². The van der Waals surface area contributed by atoms with Crippen LogP contribution in [0.4, 0.5) is 0 Å². The van der Waals surface area contributed by atoms with Crippen molar-refractivity contribution in [1.29, 1.82) is 0 Å². The number of hydrogen-bond acceptors (Lipinski definition) is 2. The fourth-order valence-electron chi connectivity index (χ4n) is 2.14. The molecule has 0 aliphatic rings. The Balaban J connectivity index is 2.31. The minimum absolute atomic E-state index is 0.0352. The molecule has 0 aliphatic heterocycles. The van der Waals surface area contributed by atoms with Crippen LogP contribution in [0.5, 0.6) is 0 Å². The van der Waals surface area contributed by atoms with E-state index in [0.717, 1.165) is 35.2 Å². The zero-order valence-electron chi connectivity index (χ0n) is 11.6. The number of aromatic nitrogens is 4. The van der Waals surface area contributed by atoms with E-state index < -0.39 is 0 Å². The first-order valence-corrected chi connectivity index (χ1v) is 7.33. The molecule has 104 valence electrons. The molecule has 2 aromatic rings. The maximum atomic E-state index is 12.1. The molecule has 0 fully saturated rings. The maximum Gasteiger partial charge on any atom is 0.328 e. The summed E-state index contributed by atoms with van der Waals surface area (Å²) < 4.78 is 6.31. The van der Waals surface area contributed by atoms with Gasteiger partial charge in [-0.2, -0.15) is 5.10 Å². The quantitative estimate of drug-likeness (QED) is 0.845. The number of halogens is 1. The van der Waals surface area contributed by atoms with Gasteiger partial charge in [0.05, 0.1) is 22.4 Å². The van der Waals surface area contributed by atoms with E-state index in [0.29, 0.717) is 6.54 Å². The van der Waals surface area contributed by atoms with Gasteiger partial charge in [-0.25, -0.2) is 4.79 Å². The van der Waals surface area contributed by atoms with Crippen LogP contribution in [0.2, 0.25) is 0 Å². The third-order valence-corrected chi connectivity index (χ3v) is 4.12. The Kier molecular flexibility index (Phi) is 4.29. The van der Waals surface area contributed by atoms with Crippen LogP contribution in [-0.4, -0.2) is 18.9 Å². The predicted octanol–water partition coefficient (Wildman–Crippen LogP) is 2.17. The van der Waals surface area contributed by atoms with Crippen molar-refractivity contribution in [2.24, 2.45) is 7.05 Å². The first kappa shape index (κ1) is 14.1. The van der Waals surface area contributed by atoms with Crippen LogP contribution in [0.1, 0.15) is 31.7 Å². The lowest BCUT2D eigenvalue weighted by molar-refractivity contribution is 0.604. The van der Waals surface area contributed by atoms with E-state index in [4.69, 9.17) is 0 Å². The molecule has 0 spiro atoms. The monoisotopic (exact) mass is 326 g/mol. The minimum atomic E-state index is 0.0352. The number of nitrogens with zero attached hydrogens (tertiary/aromatic N) is 4. The van der Waals surface area contributed by atoms with Crippen LogP contribution in [-0.2, 0) is 26.6 Å². The lowest BCUT2D eigenvalue weighted by atomic mass is 10.3. The molecule has 6 heteroatoms. The Labute approximate surface area is 121 Å². The molecule has 0 atom stereocenters. The van der Waals surface area contributed by atoms with Gasteiger partial charge in [0.2, 0.25) is 0 Å². The van der Waals surface area contributed by atoms with Crippen molar-refractivity contribution < 1.29 is 0 Å². The van der Waals surface area contributed by atoms with Crippen molar-refractivity contribution in [2.75, 3.05) is 0 Å². The number of aryl methyl sites for hydroxylation is 3. The Bertz CT molecular complexity index is 623. The first-order valence-electron chi connectivity index (χ1n) is 6.54. The summed E-state index contributed by atoms with van der Waals surface area (Å²) in [7, 11) is 1.91. The summed E-state index contributed by atoms with van der Waals surface area (Å²) in [5, 5.41) is 4.45. The van der Waals surface area contributed by atoms with Crippen molar-refractivity contribution in [3.63, 3.8) is 0 Å². The molecule has 0 unspecified atom stereocenters. The molecule has 0 radical (unpaired) electrons. The molecule has 0 aliphatic carbocycles. The average Bonchev–Trinajstić information content (AvgIpc) is 2.86. The van der Waals surface area contributed by atoms with E-state index in [2.05, 4.69) is 34.9 Å². The number of rotatable bonds is 5. The molecule has 2 aromatic heterocycles. The van der Waals surface area contributed by atoms with Crippen LogP contribution in [0.25, 0.3) is 0 Å². The zero-order chi connectivity index (χ0) is 14.0. The molecule has 0 aromatic carbocycles. The molecule has 19 heavy (non-hydrogen) atoms. The van der Waals surface area contributed by atoms with Gasteiger partial charge in [0.25, 0.3) is 0 Å². The van der Waals surface area contributed by atoms with Crippen LogP contribution in [0.15, 0.2) is 21.7 Å². The molecule has 0 saturated carbocycles. The van der Waals surface area contributed by atoms with Gasteiger partial charge in [-0.1, -0.05) is 13.8 Å². The summed E-state index contributed by atoms with van der Waals surface area (Å²) in [6, 6.07) is 0. The van der Waals surface area contributed by atoms with Gasteiger partial charge >= 0.3 is 5.69 Å². The standard InChI is InChI=1S/C13H19BrN4O/c1-4-6-17-7-8-18(13(17)19)9-11-12(14)10(5-2)15-16(11)3/h7-8H,4-6,9H2,1-3H3. The van der Waals surface area contributed by atoms with Crippen LogP contribution < -0.4 is 5.69 Å². The normalized spacial score (nSPS) is 11.2. The summed E-state index contributed by atoms with van der Waals surface area (Å²) in [6.45, 7) is 5.44. The van der Waals surface area contributed by atoms with Crippen molar-refractivity contribution in [2.45, 2.75) is 39.8 Å². The molecule has 0 amide bonds. The van der Waals surface area contributed by atoms with Gasteiger partial charge in [-0.05, 0) is 28.8 Å². The van der Waals surface area contributed by atoms with Crippen LogP contribution in [0, 0.1) is 0 Å². The molecule has 0 N–H and O–H groups in total. The van der Waals surface area contributed by atoms with E-state index in [9.17, 15) is 4.79 Å². The molecule has 5 nitrogen and oxygen atoms in total. The van der Waals surface area contributed by atoms with E-state index in [1.807, 2.05) is 24.1 Å². The lowest BCUT2D eigenvalue weighted by Crippen LogP contribution is -2.25. The van der Waals surface area contributed by atoms with Crippen LogP contribution in [0.3, 0.4) is 0 Å². The van der Waals surface area contributed by atoms with Crippen LogP contribution >= 0.6 is 15.9 Å². The molecular formula is C13H19BrN4O. The third-order valence-electron chi connectivity index (χ3n) is 3.21. The van der Waals surface area contributed by atoms with E-state index in [1.54, 1.807) is 9.13 Å². The third kappa shape index (κ3) is 2.68. The smallest absolute Gasteiger partial charge is 0.299 e. The largest absolute Gasteiger partial charge is 0.328 e. The first-order chi connectivity index (χ1) is 9.08. The molecule has 0 bridgehead atoms. The fraction of sp³-hybridized carbons (Fsp3) is 0.538. The molecule has 0 saturated heterocycles. The fourth-order valence-corrected chi connectivity index (χ4v) is 2.88. The zero-order valence-corrected chi connectivity index (χ0v) is 13.1. The molecule has 2 heterocycles. The summed E-state index contributed by atoms with van der Waals surface area (Å²) in [6.07, 6.45) is 5.51. The Morgan fingerprint density at radius 3 is 2.53 bits per heavy atom. The highest BCUT2D eigenvalue weighted by molar-refractivity contribution is 9.10. The molecule has 2 rings (SSSR count). The van der Waals surface area contributed by atoms with Crippen molar-refractivity contribution in [3.8, 4) is 0 Å². The predicted molar refractivity (Wildman–Crippen MR) is 78.4 cm³/mol. The summed E-state index contributed by atoms with van der Waals surface area (Å²) in [5.41, 5.74) is 2.08. The second-order valence-electron chi connectivity index (χ2n) is 4.59. The van der Waals surface area contributed by atoms with E-state index in [1.165, 1.54) is 0 Å². The second-order valence-corrected chi connectivity index (χ2v) is 5.38.